The number of rotatable bonds is 3. The van der Waals surface area contributed by atoms with Gasteiger partial charge in [-0.2, -0.15) is 0 Å². The van der Waals surface area contributed by atoms with Crippen molar-refractivity contribution in [1.29, 1.82) is 0 Å². The van der Waals surface area contributed by atoms with Crippen molar-refractivity contribution in [2.45, 2.75) is 20.3 Å². The molecule has 0 saturated heterocycles. The van der Waals surface area contributed by atoms with Gasteiger partial charge in [0.25, 0.3) is 0 Å². The van der Waals surface area contributed by atoms with E-state index in [1.165, 1.54) is 0 Å². The van der Waals surface area contributed by atoms with Crippen LogP contribution in [0, 0.1) is 5.92 Å². The van der Waals surface area contributed by atoms with E-state index in [4.69, 9.17) is 0 Å². The Hall–Kier alpha value is 0.530. The lowest BCUT2D eigenvalue weighted by molar-refractivity contribution is 0.587. The molecule has 8 heavy (non-hydrogen) atoms. The Labute approximate surface area is 57.9 Å². The predicted molar refractivity (Wildman–Crippen MR) is 39.8 cm³/mol. The van der Waals surface area contributed by atoms with Crippen molar-refractivity contribution in [3.05, 3.63) is 0 Å². The third-order valence-electron chi connectivity index (χ3n) is 0.862. The molecule has 0 amide bonds. The molecule has 3 heteroatoms. The standard InChI is InChI=1S/C5H12OS2/c1-5(2)3-4-8(6)7/h5H,3-4H2,1-2H3,(H,6,7)/p-1. The SMILES string of the molecule is CC(C)CCS([O-])=S. The van der Waals surface area contributed by atoms with Crippen molar-refractivity contribution >= 4 is 20.9 Å². The van der Waals surface area contributed by atoms with Gasteiger partial charge in [-0.15, -0.1) is 0 Å². The van der Waals surface area contributed by atoms with Crippen molar-refractivity contribution in [2.75, 3.05) is 5.75 Å². The first-order valence-corrected chi connectivity index (χ1v) is 4.93. The maximum absolute atomic E-state index is 10.3. The molecule has 0 rings (SSSR count). The van der Waals surface area contributed by atoms with Gasteiger partial charge in [0.05, 0.1) is 0 Å². The largest absolute Gasteiger partial charge is 0.794 e. The van der Waals surface area contributed by atoms with Crippen LogP contribution in [-0.2, 0) is 20.9 Å². The van der Waals surface area contributed by atoms with Crippen LogP contribution in [0.25, 0.3) is 0 Å². The highest BCUT2D eigenvalue weighted by molar-refractivity contribution is 8.25. The first-order valence-electron chi connectivity index (χ1n) is 2.68. The van der Waals surface area contributed by atoms with Gasteiger partial charge in [0, 0.05) is 0 Å². The van der Waals surface area contributed by atoms with Crippen LogP contribution in [0.15, 0.2) is 0 Å². The van der Waals surface area contributed by atoms with E-state index in [9.17, 15) is 4.55 Å². The molecule has 0 fully saturated rings. The highest BCUT2D eigenvalue weighted by atomic mass is 32.8. The van der Waals surface area contributed by atoms with E-state index in [0.717, 1.165) is 6.42 Å². The van der Waals surface area contributed by atoms with E-state index in [-0.39, 0.29) is 0 Å². The Morgan fingerprint density at radius 1 is 1.62 bits per heavy atom. The van der Waals surface area contributed by atoms with Gasteiger partial charge in [0.1, 0.15) is 0 Å². The summed E-state index contributed by atoms with van der Waals surface area (Å²) in [5.41, 5.74) is 0. The summed E-state index contributed by atoms with van der Waals surface area (Å²) in [5, 5.41) is 0. The van der Waals surface area contributed by atoms with Crippen molar-refractivity contribution in [2.24, 2.45) is 5.92 Å². The second-order valence-corrected chi connectivity index (χ2v) is 4.32. The second kappa shape index (κ2) is 4.41. The average molecular weight is 151 g/mol. The maximum atomic E-state index is 10.3. The first kappa shape index (κ1) is 8.53. The molecule has 0 aliphatic carbocycles. The Bertz CT molecular complexity index is 80.5. The van der Waals surface area contributed by atoms with Crippen molar-refractivity contribution < 1.29 is 4.55 Å². The fourth-order valence-corrected chi connectivity index (χ4v) is 1.28. The van der Waals surface area contributed by atoms with E-state index in [1.807, 2.05) is 0 Å². The van der Waals surface area contributed by atoms with Crippen LogP contribution in [0.5, 0.6) is 0 Å². The molecule has 50 valence electrons. The molecular weight excluding hydrogens is 140 g/mol. The minimum Gasteiger partial charge on any atom is -0.794 e. The van der Waals surface area contributed by atoms with E-state index < -0.39 is 9.74 Å². The summed E-state index contributed by atoms with van der Waals surface area (Å²) in [7, 11) is -1.00. The minimum absolute atomic E-state index is 0.627. The van der Waals surface area contributed by atoms with E-state index >= 15 is 0 Å². The molecule has 0 bridgehead atoms. The van der Waals surface area contributed by atoms with Crippen LogP contribution in [0.3, 0.4) is 0 Å². The quantitative estimate of drug-likeness (QED) is 0.606. The van der Waals surface area contributed by atoms with Crippen molar-refractivity contribution in [1.82, 2.24) is 0 Å². The zero-order valence-electron chi connectivity index (χ0n) is 5.22. The third kappa shape index (κ3) is 6.53. The summed E-state index contributed by atoms with van der Waals surface area (Å²) in [4.78, 5) is 0. The van der Waals surface area contributed by atoms with Gasteiger partial charge in [-0.1, -0.05) is 25.0 Å². The second-order valence-electron chi connectivity index (χ2n) is 2.19. The van der Waals surface area contributed by atoms with Crippen LogP contribution < -0.4 is 0 Å². The van der Waals surface area contributed by atoms with E-state index in [1.54, 1.807) is 0 Å². The molecule has 0 aromatic carbocycles. The smallest absolute Gasteiger partial charge is 0.0153 e. The lowest BCUT2D eigenvalue weighted by atomic mass is 10.2. The summed E-state index contributed by atoms with van der Waals surface area (Å²) in [5.74, 6) is 1.30. The summed E-state index contributed by atoms with van der Waals surface area (Å²) >= 11 is 4.47. The lowest BCUT2D eigenvalue weighted by Crippen LogP contribution is -1.97. The van der Waals surface area contributed by atoms with Gasteiger partial charge in [0.2, 0.25) is 0 Å². The van der Waals surface area contributed by atoms with Gasteiger partial charge in [0.15, 0.2) is 0 Å². The molecule has 1 nitrogen and oxygen atoms in total. The summed E-state index contributed by atoms with van der Waals surface area (Å²) in [6.45, 7) is 4.20. The Kier molecular flexibility index (Phi) is 4.71. The highest BCUT2D eigenvalue weighted by Gasteiger charge is 1.89. The molecule has 0 N–H and O–H groups in total. The monoisotopic (exact) mass is 151 g/mol. The van der Waals surface area contributed by atoms with Crippen LogP contribution in [0.2, 0.25) is 0 Å². The van der Waals surface area contributed by atoms with Crippen LogP contribution in [-0.4, -0.2) is 10.3 Å². The van der Waals surface area contributed by atoms with Crippen LogP contribution >= 0.6 is 0 Å². The van der Waals surface area contributed by atoms with Gasteiger partial charge < -0.3 is 4.55 Å². The van der Waals surface area contributed by atoms with Crippen molar-refractivity contribution in [3.8, 4) is 0 Å². The molecule has 0 aliphatic heterocycles. The third-order valence-corrected chi connectivity index (χ3v) is 1.93. The molecule has 0 aromatic heterocycles. The summed E-state index contributed by atoms with van der Waals surface area (Å²) in [6, 6.07) is 0. The van der Waals surface area contributed by atoms with Gasteiger partial charge in [-0.25, -0.2) is 9.74 Å². The first-order chi connectivity index (χ1) is 3.63. The van der Waals surface area contributed by atoms with Gasteiger partial charge in [-0.05, 0) is 18.1 Å². The molecule has 1 atom stereocenters. The van der Waals surface area contributed by atoms with Crippen LogP contribution in [0.1, 0.15) is 20.3 Å². The molecule has 1 unspecified atom stereocenters. The molecule has 0 aromatic rings. The molecule has 0 heterocycles. The Morgan fingerprint density at radius 3 is 2.25 bits per heavy atom. The van der Waals surface area contributed by atoms with E-state index in [0.29, 0.717) is 11.7 Å². The highest BCUT2D eigenvalue weighted by Crippen LogP contribution is 1.98. The predicted octanol–water partition coefficient (Wildman–Crippen LogP) is 1.24. The van der Waals surface area contributed by atoms with Crippen LogP contribution in [0.4, 0.5) is 0 Å². The van der Waals surface area contributed by atoms with Gasteiger partial charge >= 0.3 is 0 Å². The molecule has 0 saturated carbocycles. The number of hydrogen-bond acceptors (Lipinski definition) is 2. The maximum Gasteiger partial charge on any atom is -0.0153 e. The fraction of sp³-hybridized carbons (Fsp3) is 1.00. The zero-order valence-corrected chi connectivity index (χ0v) is 6.85. The fourth-order valence-electron chi connectivity index (χ4n) is 0.332. The molecule has 0 spiro atoms. The summed E-state index contributed by atoms with van der Waals surface area (Å²) < 4.78 is 10.3. The van der Waals surface area contributed by atoms with Gasteiger partial charge in [-0.3, -0.25) is 0 Å². The van der Waals surface area contributed by atoms with Crippen molar-refractivity contribution in [3.63, 3.8) is 0 Å². The minimum atomic E-state index is -1.00. The topological polar surface area (TPSA) is 23.1 Å². The molecule has 0 radical (unpaired) electrons. The zero-order chi connectivity index (χ0) is 6.57. The average Bonchev–Trinajstić information content (AvgIpc) is 1.61. The Balaban J connectivity index is 3.05. The molecular formula is C5H11OS2-. The molecule has 0 aliphatic rings. The number of hydrogen-bond donors (Lipinski definition) is 0. The lowest BCUT2D eigenvalue weighted by Gasteiger charge is -2.09. The normalized spacial score (nSPS) is 14.5. The Morgan fingerprint density at radius 2 is 2.12 bits per heavy atom. The summed E-state index contributed by atoms with van der Waals surface area (Å²) in [6.07, 6.45) is 0.982. The van der Waals surface area contributed by atoms with E-state index in [2.05, 4.69) is 25.0 Å².